The fourth-order valence-corrected chi connectivity index (χ4v) is 2.55. The van der Waals surface area contributed by atoms with Gasteiger partial charge in [0.2, 0.25) is 0 Å². The fourth-order valence-electron chi connectivity index (χ4n) is 2.55. The first kappa shape index (κ1) is 19.4. The Labute approximate surface area is 145 Å². The van der Waals surface area contributed by atoms with Crippen LogP contribution in [0.3, 0.4) is 0 Å². The Balaban J connectivity index is 2.25. The Bertz CT molecular complexity index is 712. The lowest BCUT2D eigenvalue weighted by molar-refractivity contribution is -0.153. The maximum atomic E-state index is 12.2. The minimum absolute atomic E-state index is 0.00537. The van der Waals surface area contributed by atoms with Crippen molar-refractivity contribution in [3.63, 3.8) is 0 Å². The van der Waals surface area contributed by atoms with E-state index in [0.29, 0.717) is 11.1 Å². The minimum Gasteiger partial charge on any atom is -0.463 e. The van der Waals surface area contributed by atoms with E-state index < -0.39 is 36.2 Å². The Morgan fingerprint density at radius 3 is 2.60 bits per heavy atom. The van der Waals surface area contributed by atoms with E-state index in [2.05, 4.69) is 4.98 Å². The number of anilines is 1. The van der Waals surface area contributed by atoms with E-state index in [4.69, 9.17) is 14.7 Å². The minimum atomic E-state index is -1.41. The summed E-state index contributed by atoms with van der Waals surface area (Å²) in [4.78, 5) is 27.4. The summed E-state index contributed by atoms with van der Waals surface area (Å²) in [6.07, 6.45) is -4.92. The zero-order valence-corrected chi connectivity index (χ0v) is 14.5. The van der Waals surface area contributed by atoms with Crippen molar-refractivity contribution in [3.05, 3.63) is 10.5 Å². The van der Waals surface area contributed by atoms with E-state index in [1.165, 1.54) is 0 Å². The van der Waals surface area contributed by atoms with Crippen molar-refractivity contribution in [3.8, 4) is 0 Å². The standard InChI is InChI=1S/C13H21B2N3O7/c1-4(2)12(21)24-3-5-7(19)8(20)11(25-5)18-9(15)6(14)10(17-23)16-13(18)22/h4-5,7-8,11,19-20,23H,3,14-15H2,1-2H3,(H,16,17,22)/t5-,7-,8-,11-/m1/s1. The highest BCUT2D eigenvalue weighted by molar-refractivity contribution is 6.49. The molecule has 0 amide bonds. The largest absolute Gasteiger partial charge is 0.463 e. The van der Waals surface area contributed by atoms with Crippen LogP contribution in [0.5, 0.6) is 0 Å². The number of aromatic nitrogens is 2. The molecule has 1 aliphatic heterocycles. The molecule has 4 atom stereocenters. The van der Waals surface area contributed by atoms with Gasteiger partial charge < -0.3 is 19.7 Å². The lowest BCUT2D eigenvalue weighted by atomic mass is 9.85. The van der Waals surface area contributed by atoms with Crippen molar-refractivity contribution in [1.82, 2.24) is 9.55 Å². The van der Waals surface area contributed by atoms with Crippen LogP contribution in [-0.2, 0) is 14.3 Å². The molecule has 0 aromatic carbocycles. The van der Waals surface area contributed by atoms with Gasteiger partial charge in [-0.25, -0.2) is 4.79 Å². The van der Waals surface area contributed by atoms with Crippen LogP contribution < -0.4 is 22.2 Å². The van der Waals surface area contributed by atoms with Gasteiger partial charge in [-0.2, -0.15) is 4.98 Å². The van der Waals surface area contributed by atoms with Gasteiger partial charge in [0.05, 0.1) is 5.92 Å². The van der Waals surface area contributed by atoms with Gasteiger partial charge in [0.15, 0.2) is 14.1 Å². The zero-order valence-electron chi connectivity index (χ0n) is 14.5. The number of carbonyl (C=O) groups is 1. The first-order chi connectivity index (χ1) is 11.7. The topological polar surface area (TPSA) is 143 Å². The fraction of sp³-hybridized carbons (Fsp3) is 0.615. The van der Waals surface area contributed by atoms with E-state index in [-0.39, 0.29) is 18.3 Å². The van der Waals surface area contributed by atoms with E-state index >= 15 is 0 Å². The third-order valence-electron chi connectivity index (χ3n) is 4.23. The van der Waals surface area contributed by atoms with Gasteiger partial charge in [0, 0.05) is 0 Å². The van der Waals surface area contributed by atoms with Crippen LogP contribution in [-0.4, -0.2) is 71.6 Å². The first-order valence-electron chi connectivity index (χ1n) is 7.87. The van der Waals surface area contributed by atoms with Crippen LogP contribution in [0.1, 0.15) is 20.1 Å². The second-order valence-corrected chi connectivity index (χ2v) is 6.27. The predicted octanol–water partition coefficient (Wildman–Crippen LogP) is -4.62. The molecule has 136 valence electrons. The van der Waals surface area contributed by atoms with Gasteiger partial charge in [-0.3, -0.25) is 20.0 Å². The van der Waals surface area contributed by atoms with E-state index in [9.17, 15) is 19.8 Å². The van der Waals surface area contributed by atoms with Crippen molar-refractivity contribution in [1.29, 1.82) is 0 Å². The Hall–Kier alpha value is -1.88. The van der Waals surface area contributed by atoms with Crippen molar-refractivity contribution >= 4 is 38.5 Å². The van der Waals surface area contributed by atoms with Crippen molar-refractivity contribution < 1.29 is 29.7 Å². The van der Waals surface area contributed by atoms with Gasteiger partial charge >= 0.3 is 11.7 Å². The van der Waals surface area contributed by atoms with Gasteiger partial charge in [0.25, 0.3) is 0 Å². The highest BCUT2D eigenvalue weighted by Crippen LogP contribution is 2.28. The van der Waals surface area contributed by atoms with E-state index in [1.807, 2.05) is 5.48 Å². The number of nitrogens with one attached hydrogen (secondary N) is 1. The molecular formula is C13H21B2N3O7. The maximum Gasteiger partial charge on any atom is 0.351 e. The number of aliphatic hydroxyl groups is 2. The molecule has 0 aliphatic carbocycles. The number of aliphatic hydroxyl groups excluding tert-OH is 2. The number of rotatable bonds is 5. The molecule has 1 aromatic heterocycles. The molecule has 0 spiro atoms. The lowest BCUT2D eigenvalue weighted by Crippen LogP contribution is -2.49. The summed E-state index contributed by atoms with van der Waals surface area (Å²) in [6, 6.07) is 0. The molecule has 1 aliphatic rings. The summed E-state index contributed by atoms with van der Waals surface area (Å²) in [6.45, 7) is 3.09. The summed E-state index contributed by atoms with van der Waals surface area (Å²) < 4.78 is 11.7. The van der Waals surface area contributed by atoms with E-state index in [1.54, 1.807) is 29.5 Å². The lowest BCUT2D eigenvalue weighted by Gasteiger charge is -2.22. The normalized spacial score (nSPS) is 26.0. The third-order valence-corrected chi connectivity index (χ3v) is 4.23. The average Bonchev–Trinajstić information content (AvgIpc) is 2.84. The van der Waals surface area contributed by atoms with Gasteiger partial charge in [-0.05, 0) is 11.1 Å². The van der Waals surface area contributed by atoms with Gasteiger partial charge in [0.1, 0.15) is 38.6 Å². The molecule has 4 N–H and O–H groups in total. The van der Waals surface area contributed by atoms with Gasteiger partial charge in [-0.1, -0.05) is 13.8 Å². The highest BCUT2D eigenvalue weighted by Gasteiger charge is 2.45. The summed E-state index contributed by atoms with van der Waals surface area (Å²) in [5.74, 6) is -0.804. The molecular weight excluding hydrogens is 332 g/mol. The summed E-state index contributed by atoms with van der Waals surface area (Å²) in [5.41, 5.74) is 1.93. The zero-order chi connectivity index (χ0) is 18.9. The van der Waals surface area contributed by atoms with Crippen LogP contribution in [0.15, 0.2) is 4.79 Å². The maximum absolute atomic E-state index is 12.2. The van der Waals surface area contributed by atoms with Crippen LogP contribution in [0, 0.1) is 5.92 Å². The Kier molecular flexibility index (Phi) is 5.88. The smallest absolute Gasteiger partial charge is 0.351 e. The van der Waals surface area contributed by atoms with Crippen LogP contribution in [0.25, 0.3) is 0 Å². The molecule has 1 saturated heterocycles. The molecule has 10 nitrogen and oxygen atoms in total. The second-order valence-electron chi connectivity index (χ2n) is 6.27. The Morgan fingerprint density at radius 1 is 1.40 bits per heavy atom. The number of esters is 1. The quantitative estimate of drug-likeness (QED) is 0.234. The number of ether oxygens (including phenoxy) is 2. The molecule has 25 heavy (non-hydrogen) atoms. The first-order valence-corrected chi connectivity index (χ1v) is 7.87. The summed E-state index contributed by atoms with van der Waals surface area (Å²) >= 11 is 0. The molecule has 0 unspecified atom stereocenters. The molecule has 2 heterocycles. The van der Waals surface area contributed by atoms with Crippen molar-refractivity contribution in [2.45, 2.75) is 38.4 Å². The van der Waals surface area contributed by atoms with Crippen molar-refractivity contribution in [2.75, 3.05) is 12.1 Å². The highest BCUT2D eigenvalue weighted by atomic mass is 16.6. The van der Waals surface area contributed by atoms with E-state index in [0.717, 1.165) is 4.57 Å². The number of hydrogen-bond donors (Lipinski definition) is 4. The number of nitrogens with zero attached hydrogens (tertiary/aromatic N) is 2. The third kappa shape index (κ3) is 3.71. The summed E-state index contributed by atoms with van der Waals surface area (Å²) in [7, 11) is 3.21. The predicted molar refractivity (Wildman–Crippen MR) is 92.0 cm³/mol. The summed E-state index contributed by atoms with van der Waals surface area (Å²) in [5, 5.41) is 29.4. The van der Waals surface area contributed by atoms with Crippen LogP contribution >= 0.6 is 0 Å². The molecule has 0 bridgehead atoms. The molecule has 0 radical (unpaired) electrons. The Morgan fingerprint density at radius 2 is 2.04 bits per heavy atom. The van der Waals surface area contributed by atoms with Crippen molar-refractivity contribution in [2.24, 2.45) is 5.92 Å². The van der Waals surface area contributed by atoms with Crippen LogP contribution in [0.4, 0.5) is 5.82 Å². The number of carbonyl (C=O) groups excluding carboxylic acids is 1. The molecule has 0 saturated carbocycles. The molecule has 1 fully saturated rings. The molecule has 1 aromatic rings. The monoisotopic (exact) mass is 353 g/mol. The second kappa shape index (κ2) is 7.56. The SMILES string of the molecule is Bc1c(NO)nc(=O)n([C@@H]2O[C@H](COC(=O)C(C)C)[C@@H](O)[C@H]2O)c1B. The molecule has 2 rings (SSSR count). The average molecular weight is 353 g/mol. The molecule has 12 heteroatoms. The number of hydrogen-bond acceptors (Lipinski definition) is 9. The van der Waals surface area contributed by atoms with Gasteiger partial charge in [-0.15, -0.1) is 0 Å². The van der Waals surface area contributed by atoms with Crippen LogP contribution in [0.2, 0.25) is 0 Å².